The summed E-state index contributed by atoms with van der Waals surface area (Å²) < 4.78 is 46.4. The van der Waals surface area contributed by atoms with Crippen molar-refractivity contribution >= 4 is 21.6 Å². The van der Waals surface area contributed by atoms with Gasteiger partial charge in [-0.25, -0.2) is 8.42 Å². The van der Waals surface area contributed by atoms with Gasteiger partial charge >= 0.3 is 0 Å². The summed E-state index contributed by atoms with van der Waals surface area (Å²) in [5, 5.41) is 13.7. The lowest BCUT2D eigenvalue weighted by molar-refractivity contribution is 0.0341. The Hall–Kier alpha value is -4.39. The maximum atomic E-state index is 13.8. The molecule has 0 fully saturated rings. The third-order valence-corrected chi connectivity index (χ3v) is 9.62. The molecule has 1 amide bonds. The topological polar surface area (TPSA) is 134 Å². The molecule has 2 N–H and O–H groups in total. The summed E-state index contributed by atoms with van der Waals surface area (Å²) in [5.41, 5.74) is 1.72. The van der Waals surface area contributed by atoms with Gasteiger partial charge in [-0.05, 0) is 75.8 Å². The molecule has 1 aliphatic heterocycles. The highest BCUT2D eigenvalue weighted by Gasteiger charge is 2.34. The Kier molecular flexibility index (Phi) is 10.00. The van der Waals surface area contributed by atoms with E-state index in [1.54, 1.807) is 30.9 Å². The molecule has 1 aromatic heterocycles. The van der Waals surface area contributed by atoms with Crippen LogP contribution < -0.4 is 14.2 Å². The number of carbonyl (C=O) groups is 1. The fourth-order valence-corrected chi connectivity index (χ4v) is 6.92. The van der Waals surface area contributed by atoms with E-state index < -0.39 is 16.1 Å². The number of para-hydroxylation sites is 1. The molecule has 11 nitrogen and oxygen atoms in total. The van der Waals surface area contributed by atoms with Crippen LogP contribution in [0.4, 0.5) is 5.69 Å². The minimum atomic E-state index is -4.04. The van der Waals surface area contributed by atoms with Crippen molar-refractivity contribution in [2.45, 2.75) is 51.3 Å². The maximum absolute atomic E-state index is 13.8. The fourth-order valence-electron chi connectivity index (χ4n) is 5.54. The van der Waals surface area contributed by atoms with Crippen LogP contribution in [0, 0.1) is 19.8 Å². The zero-order valence-corrected chi connectivity index (χ0v) is 27.5. The first-order valence-corrected chi connectivity index (χ1v) is 16.6. The number of likely N-dealkylation sites (N-methyl/N-ethyl adjacent to an activating group) is 1. The molecule has 5 rings (SSSR count). The second-order valence-electron chi connectivity index (χ2n) is 11.8. The van der Waals surface area contributed by atoms with E-state index in [2.05, 4.69) is 14.8 Å². The van der Waals surface area contributed by atoms with E-state index in [9.17, 15) is 18.3 Å². The molecule has 1 aliphatic rings. The molecule has 0 radical (unpaired) electrons. The average molecular weight is 649 g/mol. The Labute approximate surface area is 269 Å². The number of fused-ring (bicyclic) bond motifs is 1. The summed E-state index contributed by atoms with van der Waals surface area (Å²) in [6.07, 6.45) is -0.309. The highest BCUT2D eigenvalue weighted by Crippen LogP contribution is 2.32. The number of aryl methyl sites for hydroxylation is 2. The van der Waals surface area contributed by atoms with Gasteiger partial charge in [-0.3, -0.25) is 14.4 Å². The van der Waals surface area contributed by atoms with Crippen LogP contribution >= 0.6 is 0 Å². The number of anilines is 1. The Morgan fingerprint density at radius 2 is 1.78 bits per heavy atom. The lowest BCUT2D eigenvalue weighted by Crippen LogP contribution is -2.49. The van der Waals surface area contributed by atoms with Crippen LogP contribution in [-0.4, -0.2) is 73.3 Å². The first-order chi connectivity index (χ1) is 21.9. The number of aromatic nitrogens is 1. The molecule has 46 heavy (non-hydrogen) atoms. The van der Waals surface area contributed by atoms with Crippen LogP contribution in [0.5, 0.6) is 17.2 Å². The van der Waals surface area contributed by atoms with Crippen LogP contribution in [0.2, 0.25) is 0 Å². The van der Waals surface area contributed by atoms with Crippen molar-refractivity contribution in [3.8, 4) is 17.2 Å². The van der Waals surface area contributed by atoms with Crippen molar-refractivity contribution in [1.29, 1.82) is 0 Å². The number of hydrogen-bond acceptors (Lipinski definition) is 9. The SMILES string of the molecule is Cc1noc(C)c1S(=O)(=O)Nc1ccc2c(c1)C(=O)N([C@H](C)CO)C[C@H](C)[C@H](CN(C)Cc1ccc(Oc3ccccc3)cc1)O2. The Bertz CT molecular complexity index is 1740. The van der Waals surface area contributed by atoms with E-state index in [1.165, 1.54) is 13.0 Å². The lowest BCUT2D eigenvalue weighted by Gasteiger charge is -2.38. The Morgan fingerprint density at radius 1 is 1.09 bits per heavy atom. The number of rotatable bonds is 11. The van der Waals surface area contributed by atoms with Gasteiger partial charge in [-0.15, -0.1) is 0 Å². The average Bonchev–Trinajstić information content (AvgIpc) is 3.38. The first-order valence-electron chi connectivity index (χ1n) is 15.1. The number of benzene rings is 3. The highest BCUT2D eigenvalue weighted by atomic mass is 32.2. The number of aliphatic hydroxyl groups excluding tert-OH is 1. The van der Waals surface area contributed by atoms with Gasteiger partial charge in [-0.2, -0.15) is 0 Å². The zero-order valence-electron chi connectivity index (χ0n) is 26.6. The van der Waals surface area contributed by atoms with Gasteiger partial charge in [-0.1, -0.05) is 42.4 Å². The number of hydrogen-bond donors (Lipinski definition) is 2. The van der Waals surface area contributed by atoms with E-state index in [-0.39, 0.29) is 52.1 Å². The predicted octanol–water partition coefficient (Wildman–Crippen LogP) is 5.24. The summed E-state index contributed by atoms with van der Waals surface area (Å²) >= 11 is 0. The third-order valence-electron chi connectivity index (χ3n) is 8.00. The molecule has 0 unspecified atom stereocenters. The molecule has 4 aromatic rings. The van der Waals surface area contributed by atoms with Gasteiger partial charge in [0, 0.05) is 31.2 Å². The number of ether oxygens (including phenoxy) is 2. The minimum Gasteiger partial charge on any atom is -0.488 e. The van der Waals surface area contributed by atoms with Crippen molar-refractivity contribution in [2.75, 3.05) is 31.5 Å². The van der Waals surface area contributed by atoms with Crippen molar-refractivity contribution < 1.29 is 32.3 Å². The fraction of sp³-hybridized carbons (Fsp3) is 0.353. The zero-order chi connectivity index (χ0) is 33.0. The lowest BCUT2D eigenvalue weighted by atomic mass is 9.99. The summed E-state index contributed by atoms with van der Waals surface area (Å²) in [4.78, 5) is 17.5. The Balaban J connectivity index is 1.35. The number of aliphatic hydroxyl groups is 1. The van der Waals surface area contributed by atoms with Gasteiger partial charge in [0.1, 0.15) is 29.0 Å². The van der Waals surface area contributed by atoms with Crippen LogP contribution in [-0.2, 0) is 16.6 Å². The molecule has 244 valence electrons. The van der Waals surface area contributed by atoms with E-state index in [0.717, 1.165) is 17.1 Å². The molecule has 0 spiro atoms. The van der Waals surface area contributed by atoms with E-state index in [1.807, 2.05) is 68.6 Å². The summed E-state index contributed by atoms with van der Waals surface area (Å²) in [7, 11) is -2.03. The number of carbonyl (C=O) groups excluding carboxylic acids is 1. The standard InChI is InChI=1S/C34H40N4O7S/c1-22-18-38(23(2)21-39)34(40)30-17-27(36-46(41,42)33-24(3)35-45-25(33)4)13-16-31(30)44-32(22)20-37(5)19-26-11-14-29(15-12-26)43-28-9-7-6-8-10-28/h6-17,22-23,32,36,39H,18-21H2,1-5H3/t22-,23+,32-/m0/s1. The monoisotopic (exact) mass is 648 g/mol. The number of amides is 1. The normalized spacial score (nSPS) is 17.5. The van der Waals surface area contributed by atoms with Gasteiger partial charge in [0.2, 0.25) is 0 Å². The van der Waals surface area contributed by atoms with Crippen LogP contribution in [0.1, 0.15) is 41.2 Å². The van der Waals surface area contributed by atoms with Crippen LogP contribution in [0.25, 0.3) is 0 Å². The van der Waals surface area contributed by atoms with E-state index in [4.69, 9.17) is 14.0 Å². The minimum absolute atomic E-state index is 0.0485. The number of nitrogens with one attached hydrogen (secondary N) is 1. The van der Waals surface area contributed by atoms with Crippen molar-refractivity contribution in [1.82, 2.24) is 15.0 Å². The molecule has 2 heterocycles. The highest BCUT2D eigenvalue weighted by molar-refractivity contribution is 7.92. The van der Waals surface area contributed by atoms with Gasteiger partial charge in [0.15, 0.2) is 10.7 Å². The van der Waals surface area contributed by atoms with Gasteiger partial charge < -0.3 is 24.0 Å². The van der Waals surface area contributed by atoms with Crippen molar-refractivity contribution in [3.63, 3.8) is 0 Å². The summed E-state index contributed by atoms with van der Waals surface area (Å²) in [6.45, 7) is 8.21. The van der Waals surface area contributed by atoms with Crippen molar-refractivity contribution in [3.05, 3.63) is 95.4 Å². The number of sulfonamides is 1. The molecule has 0 bridgehead atoms. The molecular weight excluding hydrogens is 608 g/mol. The van der Waals surface area contributed by atoms with Gasteiger partial charge in [0.05, 0.1) is 18.2 Å². The molecule has 0 saturated heterocycles. The quantitative estimate of drug-likeness (QED) is 0.224. The molecule has 3 aromatic carbocycles. The van der Waals surface area contributed by atoms with Gasteiger partial charge in [0.25, 0.3) is 15.9 Å². The Morgan fingerprint density at radius 3 is 2.43 bits per heavy atom. The number of nitrogens with zero attached hydrogens (tertiary/aromatic N) is 3. The second-order valence-corrected chi connectivity index (χ2v) is 13.5. The second kappa shape index (κ2) is 13.9. The first kappa shape index (κ1) is 33.0. The maximum Gasteiger partial charge on any atom is 0.267 e. The van der Waals surface area contributed by atoms with Crippen molar-refractivity contribution in [2.24, 2.45) is 5.92 Å². The smallest absolute Gasteiger partial charge is 0.267 e. The molecule has 12 heteroatoms. The van der Waals surface area contributed by atoms with Crippen LogP contribution in [0.3, 0.4) is 0 Å². The van der Waals surface area contributed by atoms with Crippen LogP contribution in [0.15, 0.2) is 82.2 Å². The third kappa shape index (κ3) is 7.52. The molecular formula is C34H40N4O7S. The predicted molar refractivity (Wildman–Crippen MR) is 174 cm³/mol. The van der Waals surface area contributed by atoms with E-state index >= 15 is 0 Å². The molecule has 0 aliphatic carbocycles. The summed E-state index contributed by atoms with van der Waals surface area (Å²) in [6, 6.07) is 21.7. The largest absolute Gasteiger partial charge is 0.488 e. The van der Waals surface area contributed by atoms with E-state index in [0.29, 0.717) is 25.4 Å². The summed E-state index contributed by atoms with van der Waals surface area (Å²) in [5.74, 6) is 1.60. The molecule has 0 saturated carbocycles. The molecule has 3 atom stereocenters.